The molecule has 0 saturated heterocycles. The third kappa shape index (κ3) is 6.09. The maximum absolute atomic E-state index is 12.3. The van der Waals surface area contributed by atoms with E-state index in [0.717, 1.165) is 6.92 Å². The summed E-state index contributed by atoms with van der Waals surface area (Å²) in [6.07, 6.45) is 0. The van der Waals surface area contributed by atoms with Gasteiger partial charge in [0.1, 0.15) is 16.3 Å². The van der Waals surface area contributed by atoms with Gasteiger partial charge in [-0.1, -0.05) is 18.2 Å². The van der Waals surface area contributed by atoms with E-state index in [2.05, 4.69) is 15.5 Å². The third-order valence-electron chi connectivity index (χ3n) is 3.38. The second-order valence-electron chi connectivity index (χ2n) is 5.50. The van der Waals surface area contributed by atoms with Crippen molar-refractivity contribution in [1.29, 1.82) is 0 Å². The number of non-ortho nitro benzene ring substituents is 1. The fourth-order valence-corrected chi connectivity index (χ4v) is 2.67. The number of nitrogens with zero attached hydrogens (tertiary/aromatic N) is 3. The van der Waals surface area contributed by atoms with E-state index >= 15 is 0 Å². The van der Waals surface area contributed by atoms with Crippen LogP contribution in [0.4, 0.5) is 17.1 Å². The Bertz CT molecular complexity index is 1130. The number of amides is 1. The summed E-state index contributed by atoms with van der Waals surface area (Å²) in [6.45, 7) is 1.12. The van der Waals surface area contributed by atoms with E-state index < -0.39 is 54.4 Å². The quantitative estimate of drug-likeness (QED) is 0.122. The molecule has 0 fully saturated rings. The van der Waals surface area contributed by atoms with Gasteiger partial charge in [-0.05, 0) is 19.1 Å². The van der Waals surface area contributed by atoms with Crippen molar-refractivity contribution in [2.45, 2.75) is 11.8 Å². The van der Waals surface area contributed by atoms with Crippen molar-refractivity contribution in [1.82, 2.24) is 0 Å². The number of benzene rings is 2. The maximum Gasteiger partial charge on any atom is 0.298 e. The Morgan fingerprint density at radius 3 is 2.30 bits per heavy atom. The molecule has 0 unspecified atom stereocenters. The van der Waals surface area contributed by atoms with Gasteiger partial charge in [-0.15, -0.1) is 10.2 Å². The minimum Gasteiger partial charge on any atom is -0.510 e. The zero-order chi connectivity index (χ0) is 21.8. The van der Waals surface area contributed by atoms with Gasteiger partial charge < -0.3 is 15.5 Å². The smallest absolute Gasteiger partial charge is 0.298 e. The number of nitrogens with one attached hydrogen (secondary N) is 1. The van der Waals surface area contributed by atoms with Crippen LogP contribution in [0.25, 0.3) is 0 Å². The van der Waals surface area contributed by atoms with Crippen LogP contribution < -0.4 is 5.32 Å². The number of anilines is 1. The number of carbonyl (C=O) groups excluding carboxylic acids is 1. The number of nitro benzene ring substituents is 1. The predicted molar refractivity (Wildman–Crippen MR) is 99.5 cm³/mol. The van der Waals surface area contributed by atoms with Crippen LogP contribution in [-0.4, -0.2) is 34.0 Å². The zero-order valence-corrected chi connectivity index (χ0v) is 17.2. The van der Waals surface area contributed by atoms with Crippen LogP contribution in [0, 0.1) is 10.1 Å². The van der Waals surface area contributed by atoms with Crippen molar-refractivity contribution < 1.29 is 50.3 Å². The molecule has 0 aliphatic carbocycles. The van der Waals surface area contributed by atoms with Crippen LogP contribution in [0.1, 0.15) is 6.92 Å². The zero-order valence-electron chi connectivity index (χ0n) is 15.1. The molecule has 30 heavy (non-hydrogen) atoms. The van der Waals surface area contributed by atoms with Gasteiger partial charge in [0.05, 0.1) is 4.92 Å². The van der Waals surface area contributed by atoms with Crippen molar-refractivity contribution in [3.8, 4) is 5.75 Å². The van der Waals surface area contributed by atoms with Gasteiger partial charge in [0, 0.05) is 35.2 Å². The first-order valence-electron chi connectivity index (χ1n) is 7.67. The largest absolute Gasteiger partial charge is 0.510 e. The van der Waals surface area contributed by atoms with Crippen LogP contribution >= 0.6 is 0 Å². The molecular weight excluding hydrogens is 460 g/mol. The average molecular weight is 474 g/mol. The molecule has 2 aromatic carbocycles. The normalized spacial score (nSPS) is 12.1. The third-order valence-corrected chi connectivity index (χ3v) is 4.24. The number of para-hydroxylation sites is 1. The molecule has 0 aliphatic rings. The molecule has 12 nitrogen and oxygen atoms in total. The van der Waals surface area contributed by atoms with Crippen LogP contribution in [0.2, 0.25) is 0 Å². The average Bonchev–Trinajstić information content (AvgIpc) is 2.62. The number of allylic oxidation sites excluding steroid dienone is 1. The fourth-order valence-electron chi connectivity index (χ4n) is 2.05. The van der Waals surface area contributed by atoms with Gasteiger partial charge in [0.2, 0.25) is 0 Å². The van der Waals surface area contributed by atoms with Crippen molar-refractivity contribution >= 4 is 33.1 Å². The number of aliphatic hydroxyl groups excluding tert-OH is 1. The summed E-state index contributed by atoms with van der Waals surface area (Å²) in [5.41, 5.74) is -1.77. The van der Waals surface area contributed by atoms with Crippen molar-refractivity contribution in [2.24, 2.45) is 10.2 Å². The Morgan fingerprint density at radius 1 is 1.20 bits per heavy atom. The molecule has 0 aliphatic heterocycles. The number of carbonyl (C=O) groups is 1. The second-order valence-corrected chi connectivity index (χ2v) is 6.89. The Balaban J connectivity index is 0.00000450. The molecule has 2 aromatic rings. The molecule has 158 valence electrons. The molecule has 0 aromatic heterocycles. The number of nitro groups is 1. The van der Waals surface area contributed by atoms with Crippen molar-refractivity contribution in [3.63, 3.8) is 0 Å². The SMILES string of the molecule is CC(O)=C(N=Nc1cc([N+](=O)[O-])cc(S(=O)(=O)O)c1O)C(=O)Nc1ccccc1.[Cr]. The van der Waals surface area contributed by atoms with Crippen LogP contribution in [0.5, 0.6) is 5.75 Å². The summed E-state index contributed by atoms with van der Waals surface area (Å²) in [7, 11) is -5.02. The van der Waals surface area contributed by atoms with Gasteiger partial charge in [-0.3, -0.25) is 19.5 Å². The first-order valence-corrected chi connectivity index (χ1v) is 9.11. The van der Waals surface area contributed by atoms with Crippen LogP contribution in [0.15, 0.2) is 69.0 Å². The number of rotatable bonds is 6. The molecule has 0 bridgehead atoms. The minimum atomic E-state index is -5.02. The van der Waals surface area contributed by atoms with Gasteiger partial charge in [0.15, 0.2) is 11.4 Å². The molecule has 0 spiro atoms. The van der Waals surface area contributed by atoms with Gasteiger partial charge in [-0.25, -0.2) is 0 Å². The van der Waals surface area contributed by atoms with E-state index in [1.165, 1.54) is 0 Å². The second kappa shape index (κ2) is 9.94. The van der Waals surface area contributed by atoms with Gasteiger partial charge in [-0.2, -0.15) is 8.42 Å². The van der Waals surface area contributed by atoms with E-state index in [9.17, 15) is 33.5 Å². The molecular formula is C16H14CrN4O8S. The Labute approximate surface area is 180 Å². The summed E-state index contributed by atoms with van der Waals surface area (Å²) in [6, 6.07) is 9.22. The Kier molecular flexibility index (Phi) is 8.20. The number of hydrogen-bond donors (Lipinski definition) is 4. The van der Waals surface area contributed by atoms with E-state index in [1.807, 2.05) is 0 Å². The first kappa shape index (κ1) is 24.7. The summed E-state index contributed by atoms with van der Waals surface area (Å²) in [5, 5.41) is 39.9. The maximum atomic E-state index is 12.3. The number of hydrogen-bond acceptors (Lipinski definition) is 9. The number of azo groups is 1. The van der Waals surface area contributed by atoms with Crippen molar-refractivity contribution in [3.05, 3.63) is 64.0 Å². The summed E-state index contributed by atoms with van der Waals surface area (Å²) < 4.78 is 31.8. The molecule has 0 saturated carbocycles. The summed E-state index contributed by atoms with van der Waals surface area (Å²) >= 11 is 0. The Morgan fingerprint density at radius 2 is 1.80 bits per heavy atom. The molecule has 1 amide bonds. The standard InChI is InChI=1S/C16H14N4O8S.Cr/c1-9(21)14(16(23)17-10-5-3-2-4-6-10)19-18-12-7-11(20(24)25)8-13(15(12)22)29(26,27)28;/h2-8,21-22H,1H3,(H,17,23)(H,26,27,28);. The van der Waals surface area contributed by atoms with E-state index in [0.29, 0.717) is 17.8 Å². The number of phenolic OH excluding ortho intramolecular Hbond substituents is 1. The van der Waals surface area contributed by atoms with Crippen LogP contribution in [0.3, 0.4) is 0 Å². The number of aromatic hydroxyl groups is 1. The predicted octanol–water partition coefficient (Wildman–Crippen LogP) is 3.06. The molecule has 4 N–H and O–H groups in total. The summed E-state index contributed by atoms with van der Waals surface area (Å²) in [4.78, 5) is 21.1. The molecule has 0 radical (unpaired) electrons. The molecule has 0 atom stereocenters. The molecule has 14 heteroatoms. The molecule has 2 rings (SSSR count). The minimum absolute atomic E-state index is 0. The van der Waals surface area contributed by atoms with Gasteiger partial charge in [0.25, 0.3) is 21.7 Å². The molecule has 0 heterocycles. The van der Waals surface area contributed by atoms with E-state index in [4.69, 9.17) is 4.55 Å². The monoisotopic (exact) mass is 474 g/mol. The Hall–Kier alpha value is -3.31. The van der Waals surface area contributed by atoms with E-state index in [-0.39, 0.29) is 17.4 Å². The van der Waals surface area contributed by atoms with E-state index in [1.54, 1.807) is 30.3 Å². The fraction of sp³-hybridized carbons (Fsp3) is 0.0625. The van der Waals surface area contributed by atoms with Crippen molar-refractivity contribution in [2.75, 3.05) is 5.32 Å². The number of phenols is 1. The first-order chi connectivity index (χ1) is 13.5. The number of aliphatic hydroxyl groups is 1. The summed E-state index contributed by atoms with van der Waals surface area (Å²) in [5.74, 6) is -2.58. The van der Waals surface area contributed by atoms with Crippen LogP contribution in [-0.2, 0) is 32.3 Å². The topological polar surface area (TPSA) is 192 Å². The van der Waals surface area contributed by atoms with Gasteiger partial charge >= 0.3 is 0 Å².